The van der Waals surface area contributed by atoms with Crippen molar-refractivity contribution >= 4 is 28.3 Å². The largest absolute Gasteiger partial charge is 0.383 e. The second-order valence-corrected chi connectivity index (χ2v) is 8.49. The summed E-state index contributed by atoms with van der Waals surface area (Å²) in [5.41, 5.74) is 8.49. The van der Waals surface area contributed by atoms with Crippen LogP contribution in [0.5, 0.6) is 0 Å². The van der Waals surface area contributed by atoms with Gasteiger partial charge in [-0.15, -0.1) is 11.3 Å². The number of hydrogen-bond donors (Lipinski definition) is 4. The molecule has 3 aromatic rings. The van der Waals surface area contributed by atoms with Gasteiger partial charge in [0.15, 0.2) is 5.13 Å². The van der Waals surface area contributed by atoms with Gasteiger partial charge in [0.05, 0.1) is 6.54 Å². The van der Waals surface area contributed by atoms with E-state index in [4.69, 9.17) is 5.73 Å². The number of carbonyl (C=O) groups excluding carboxylic acids is 2. The van der Waals surface area contributed by atoms with E-state index in [2.05, 4.69) is 15.6 Å². The highest BCUT2D eigenvalue weighted by atomic mass is 32.1. The molecule has 0 saturated heterocycles. The van der Waals surface area contributed by atoms with E-state index in [1.165, 1.54) is 11.3 Å². The molecular weight excluding hydrogens is 412 g/mol. The number of aliphatic hydroxyl groups is 1. The maximum absolute atomic E-state index is 12.9. The lowest BCUT2D eigenvalue weighted by molar-refractivity contribution is -0.134. The van der Waals surface area contributed by atoms with E-state index in [1.54, 1.807) is 6.20 Å². The molecule has 2 atom stereocenters. The second kappa shape index (κ2) is 10.7. The van der Waals surface area contributed by atoms with Crippen molar-refractivity contribution in [2.75, 3.05) is 5.73 Å². The normalized spacial score (nSPS) is 12.7. The second-order valence-electron chi connectivity index (χ2n) is 7.34. The van der Waals surface area contributed by atoms with Gasteiger partial charge in [0.2, 0.25) is 11.8 Å². The first-order chi connectivity index (χ1) is 14.9. The molecule has 0 radical (unpaired) electrons. The van der Waals surface area contributed by atoms with Gasteiger partial charge in [-0.3, -0.25) is 9.59 Å². The maximum Gasteiger partial charge on any atom is 0.249 e. The first-order valence-electron chi connectivity index (χ1n) is 9.96. The van der Waals surface area contributed by atoms with Crippen molar-refractivity contribution < 1.29 is 14.7 Å². The summed E-state index contributed by atoms with van der Waals surface area (Å²) in [5.74, 6) is -0.925. The molecule has 0 spiro atoms. The molecule has 3 rings (SSSR count). The van der Waals surface area contributed by atoms with Crippen molar-refractivity contribution in [1.29, 1.82) is 0 Å². The van der Waals surface area contributed by atoms with Crippen LogP contribution in [0.1, 0.15) is 21.6 Å². The zero-order valence-electron chi connectivity index (χ0n) is 17.2. The van der Waals surface area contributed by atoms with E-state index in [1.807, 2.05) is 61.5 Å². The van der Waals surface area contributed by atoms with Gasteiger partial charge in [0.1, 0.15) is 12.1 Å². The Morgan fingerprint density at radius 3 is 2.35 bits per heavy atom. The van der Waals surface area contributed by atoms with Crippen LogP contribution < -0.4 is 16.4 Å². The predicted octanol–water partition coefficient (Wildman–Crippen LogP) is 1.98. The lowest BCUT2D eigenvalue weighted by Gasteiger charge is -2.20. The number of aromatic nitrogens is 1. The average molecular weight is 439 g/mol. The van der Waals surface area contributed by atoms with Gasteiger partial charge in [-0.25, -0.2) is 4.98 Å². The molecule has 0 fully saturated rings. The van der Waals surface area contributed by atoms with Gasteiger partial charge < -0.3 is 21.5 Å². The average Bonchev–Trinajstić information content (AvgIpc) is 3.18. The molecule has 0 bridgehead atoms. The van der Waals surface area contributed by atoms with Crippen LogP contribution in [0, 0.1) is 6.92 Å². The highest BCUT2D eigenvalue weighted by Crippen LogP contribution is 2.14. The molecule has 7 nitrogen and oxygen atoms in total. The van der Waals surface area contributed by atoms with E-state index in [9.17, 15) is 14.7 Å². The lowest BCUT2D eigenvalue weighted by atomic mass is 10.0. The van der Waals surface area contributed by atoms with Crippen LogP contribution in [-0.2, 0) is 29.0 Å². The molecule has 1 aromatic heterocycles. The fourth-order valence-corrected chi connectivity index (χ4v) is 3.69. The Hall–Kier alpha value is -3.23. The van der Waals surface area contributed by atoms with E-state index in [-0.39, 0.29) is 18.9 Å². The molecule has 0 unspecified atom stereocenters. The minimum absolute atomic E-state index is 0.172. The molecule has 0 aliphatic heterocycles. The zero-order valence-corrected chi connectivity index (χ0v) is 18.1. The van der Waals surface area contributed by atoms with Crippen LogP contribution in [0.15, 0.2) is 60.8 Å². The topological polar surface area (TPSA) is 117 Å². The first-order valence-corrected chi connectivity index (χ1v) is 10.8. The van der Waals surface area contributed by atoms with Crippen LogP contribution in [0.2, 0.25) is 0 Å². The van der Waals surface area contributed by atoms with Crippen molar-refractivity contribution in [2.45, 2.75) is 38.5 Å². The monoisotopic (exact) mass is 438 g/mol. The predicted molar refractivity (Wildman–Crippen MR) is 121 cm³/mol. The minimum atomic E-state index is -1.25. The number of carbonyl (C=O) groups is 2. The standard InChI is InChI=1S/C23H26N4O3S/c1-15-7-9-17(10-8-15)11-19(21(29)25-13-18-14-26-23(24)31-18)27-22(30)20(28)12-16-5-3-2-4-6-16/h2-10,14,19-20,28H,11-13H2,1H3,(H2,24,26)(H,25,29)(H,27,30)/t19-,20+/m0/s1. The number of nitrogens with two attached hydrogens (primary N) is 1. The Morgan fingerprint density at radius 1 is 1.03 bits per heavy atom. The Labute approximate surface area is 185 Å². The fourth-order valence-electron chi connectivity index (χ4n) is 3.07. The third kappa shape index (κ3) is 6.91. The number of aryl methyl sites for hydroxylation is 1. The number of aliphatic hydroxyl groups excluding tert-OH is 1. The summed E-state index contributed by atoms with van der Waals surface area (Å²) in [6.45, 7) is 2.25. The molecular formula is C23H26N4O3S. The molecule has 8 heteroatoms. The molecule has 0 saturated carbocycles. The zero-order chi connectivity index (χ0) is 22.2. The van der Waals surface area contributed by atoms with Gasteiger partial charge in [0.25, 0.3) is 0 Å². The summed E-state index contributed by atoms with van der Waals surface area (Å²) in [6.07, 6.45) is 0.834. The Bertz CT molecular complexity index is 1010. The molecule has 0 aliphatic carbocycles. The van der Waals surface area contributed by atoms with Gasteiger partial charge in [-0.2, -0.15) is 0 Å². The van der Waals surface area contributed by atoms with Crippen LogP contribution >= 0.6 is 11.3 Å². The fraction of sp³-hybridized carbons (Fsp3) is 0.261. The Kier molecular flexibility index (Phi) is 7.75. The van der Waals surface area contributed by atoms with Gasteiger partial charge in [0, 0.05) is 23.9 Å². The van der Waals surface area contributed by atoms with E-state index >= 15 is 0 Å². The highest BCUT2D eigenvalue weighted by molar-refractivity contribution is 7.15. The number of anilines is 1. The number of nitrogens with zero attached hydrogens (tertiary/aromatic N) is 1. The summed E-state index contributed by atoms with van der Waals surface area (Å²) in [4.78, 5) is 30.3. The van der Waals surface area contributed by atoms with Crippen LogP contribution in [-0.4, -0.2) is 34.1 Å². The van der Waals surface area contributed by atoms with Gasteiger partial charge in [-0.05, 0) is 18.1 Å². The number of nitrogens with one attached hydrogen (secondary N) is 2. The first kappa shape index (κ1) is 22.5. The van der Waals surface area contributed by atoms with Crippen molar-refractivity contribution in [3.05, 3.63) is 82.4 Å². The van der Waals surface area contributed by atoms with E-state index in [0.717, 1.165) is 21.6 Å². The molecule has 0 aliphatic rings. The molecule has 1 heterocycles. The smallest absolute Gasteiger partial charge is 0.249 e. The van der Waals surface area contributed by atoms with E-state index < -0.39 is 18.1 Å². The van der Waals surface area contributed by atoms with Crippen molar-refractivity contribution in [1.82, 2.24) is 15.6 Å². The highest BCUT2D eigenvalue weighted by Gasteiger charge is 2.25. The molecule has 5 N–H and O–H groups in total. The van der Waals surface area contributed by atoms with Crippen molar-refractivity contribution in [3.63, 3.8) is 0 Å². The third-order valence-electron chi connectivity index (χ3n) is 4.78. The summed E-state index contributed by atoms with van der Waals surface area (Å²) in [7, 11) is 0. The SMILES string of the molecule is Cc1ccc(C[C@H](NC(=O)[C@H](O)Cc2ccccc2)C(=O)NCc2cnc(N)s2)cc1. The van der Waals surface area contributed by atoms with Gasteiger partial charge in [-0.1, -0.05) is 60.2 Å². The third-order valence-corrected chi connectivity index (χ3v) is 5.60. The molecule has 162 valence electrons. The number of nitrogen functional groups attached to an aromatic ring is 1. The number of thiazole rings is 1. The Morgan fingerprint density at radius 2 is 1.71 bits per heavy atom. The summed E-state index contributed by atoms with van der Waals surface area (Å²) >= 11 is 1.29. The van der Waals surface area contributed by atoms with Crippen LogP contribution in [0.4, 0.5) is 5.13 Å². The van der Waals surface area contributed by atoms with Crippen molar-refractivity contribution in [3.8, 4) is 0 Å². The van der Waals surface area contributed by atoms with Crippen LogP contribution in [0.25, 0.3) is 0 Å². The number of rotatable bonds is 9. The van der Waals surface area contributed by atoms with Gasteiger partial charge >= 0.3 is 0 Å². The van der Waals surface area contributed by atoms with Crippen molar-refractivity contribution in [2.24, 2.45) is 0 Å². The maximum atomic E-state index is 12.9. The molecule has 2 aromatic carbocycles. The molecule has 31 heavy (non-hydrogen) atoms. The summed E-state index contributed by atoms with van der Waals surface area (Å²) in [6, 6.07) is 16.2. The van der Waals surface area contributed by atoms with Crippen LogP contribution in [0.3, 0.4) is 0 Å². The van der Waals surface area contributed by atoms with E-state index in [0.29, 0.717) is 11.6 Å². The number of benzene rings is 2. The Balaban J connectivity index is 1.66. The molecule has 2 amide bonds. The number of amides is 2. The number of hydrogen-bond acceptors (Lipinski definition) is 6. The summed E-state index contributed by atoms with van der Waals surface area (Å²) < 4.78 is 0. The minimum Gasteiger partial charge on any atom is -0.383 e. The lowest BCUT2D eigenvalue weighted by Crippen LogP contribution is -2.51. The quantitative estimate of drug-likeness (QED) is 0.408. The summed E-state index contributed by atoms with van der Waals surface area (Å²) in [5, 5.41) is 16.3.